The topological polar surface area (TPSA) is 49.8 Å². The van der Waals surface area contributed by atoms with E-state index in [0.29, 0.717) is 0 Å². The highest BCUT2D eigenvalue weighted by molar-refractivity contribution is 9.10. The summed E-state index contributed by atoms with van der Waals surface area (Å²) in [7, 11) is 1.84. The van der Waals surface area contributed by atoms with Crippen LogP contribution in [0.2, 0.25) is 0 Å². The molecule has 0 atom stereocenters. The second-order valence-corrected chi connectivity index (χ2v) is 4.41. The van der Waals surface area contributed by atoms with Crippen molar-refractivity contribution in [3.63, 3.8) is 0 Å². The fourth-order valence-corrected chi connectivity index (χ4v) is 1.90. The number of benzene rings is 1. The van der Waals surface area contributed by atoms with Crippen LogP contribution in [-0.2, 0) is 0 Å². The van der Waals surface area contributed by atoms with E-state index in [1.54, 1.807) is 0 Å². The molecule has 0 saturated heterocycles. The number of rotatable bonds is 3. The van der Waals surface area contributed by atoms with Crippen LogP contribution in [0, 0.1) is 6.92 Å². The van der Waals surface area contributed by atoms with Crippen LogP contribution < -0.4 is 10.6 Å². The average molecular weight is 293 g/mol. The van der Waals surface area contributed by atoms with E-state index in [4.69, 9.17) is 0 Å². The van der Waals surface area contributed by atoms with Gasteiger partial charge in [-0.25, -0.2) is 9.97 Å². The van der Waals surface area contributed by atoms with Gasteiger partial charge in [-0.1, -0.05) is 12.1 Å². The largest absolute Gasteiger partial charge is 0.373 e. The van der Waals surface area contributed by atoms with Gasteiger partial charge in [-0.05, 0) is 35.0 Å². The van der Waals surface area contributed by atoms with Crippen molar-refractivity contribution in [2.45, 2.75) is 6.92 Å². The van der Waals surface area contributed by atoms with Gasteiger partial charge < -0.3 is 10.6 Å². The maximum Gasteiger partial charge on any atom is 0.138 e. The van der Waals surface area contributed by atoms with Gasteiger partial charge >= 0.3 is 0 Å². The Balaban J connectivity index is 2.34. The van der Waals surface area contributed by atoms with Gasteiger partial charge in [-0.3, -0.25) is 0 Å². The fraction of sp³-hybridized carbons (Fsp3) is 0.167. The van der Waals surface area contributed by atoms with E-state index < -0.39 is 0 Å². The summed E-state index contributed by atoms with van der Waals surface area (Å²) in [6, 6.07) is 7.92. The molecule has 1 heterocycles. The summed E-state index contributed by atoms with van der Waals surface area (Å²) in [5, 5.41) is 6.31. The normalized spacial score (nSPS) is 10.1. The van der Waals surface area contributed by atoms with Gasteiger partial charge in [0.1, 0.15) is 18.0 Å². The monoisotopic (exact) mass is 292 g/mol. The van der Waals surface area contributed by atoms with Crippen LogP contribution in [0.4, 0.5) is 17.3 Å². The van der Waals surface area contributed by atoms with Crippen LogP contribution in [-0.4, -0.2) is 17.0 Å². The minimum absolute atomic E-state index is 0.802. The number of para-hydroxylation sites is 1. The van der Waals surface area contributed by atoms with Crippen molar-refractivity contribution in [2.24, 2.45) is 0 Å². The highest BCUT2D eigenvalue weighted by Gasteiger charge is 2.06. The molecular formula is C12H13BrN4. The zero-order valence-corrected chi connectivity index (χ0v) is 11.2. The Kier molecular flexibility index (Phi) is 3.58. The third kappa shape index (κ3) is 2.55. The summed E-state index contributed by atoms with van der Waals surface area (Å²) in [4.78, 5) is 8.39. The smallest absolute Gasteiger partial charge is 0.138 e. The quantitative estimate of drug-likeness (QED) is 0.911. The minimum Gasteiger partial charge on any atom is -0.373 e. The van der Waals surface area contributed by atoms with Crippen molar-refractivity contribution >= 4 is 33.3 Å². The average Bonchev–Trinajstić information content (AvgIpc) is 2.34. The lowest BCUT2D eigenvalue weighted by Crippen LogP contribution is -2.02. The van der Waals surface area contributed by atoms with E-state index in [1.807, 2.05) is 38.2 Å². The molecule has 0 spiro atoms. The zero-order chi connectivity index (χ0) is 12.3. The zero-order valence-electron chi connectivity index (χ0n) is 9.66. The molecule has 0 aliphatic carbocycles. The van der Waals surface area contributed by atoms with Gasteiger partial charge in [0.05, 0.1) is 5.69 Å². The highest BCUT2D eigenvalue weighted by atomic mass is 79.9. The second kappa shape index (κ2) is 5.14. The van der Waals surface area contributed by atoms with Crippen LogP contribution in [0.25, 0.3) is 0 Å². The van der Waals surface area contributed by atoms with Crippen molar-refractivity contribution in [2.75, 3.05) is 17.7 Å². The van der Waals surface area contributed by atoms with Crippen LogP contribution in [0.15, 0.2) is 35.1 Å². The molecule has 0 bridgehead atoms. The van der Waals surface area contributed by atoms with Crippen molar-refractivity contribution in [3.05, 3.63) is 40.6 Å². The first-order chi connectivity index (χ1) is 8.22. The van der Waals surface area contributed by atoms with Crippen molar-refractivity contribution in [1.82, 2.24) is 9.97 Å². The summed E-state index contributed by atoms with van der Waals surface area (Å²) in [6.07, 6.45) is 1.54. The van der Waals surface area contributed by atoms with Crippen LogP contribution >= 0.6 is 15.9 Å². The minimum atomic E-state index is 0.802. The molecule has 0 radical (unpaired) electrons. The molecule has 0 aliphatic heterocycles. The summed E-state index contributed by atoms with van der Waals surface area (Å²) in [5.74, 6) is 1.63. The number of halogens is 1. The Bertz CT molecular complexity index is 528. The van der Waals surface area contributed by atoms with Gasteiger partial charge in [-0.2, -0.15) is 0 Å². The van der Waals surface area contributed by atoms with Gasteiger partial charge in [0.15, 0.2) is 0 Å². The van der Waals surface area contributed by atoms with Gasteiger partial charge in [0.2, 0.25) is 0 Å². The van der Waals surface area contributed by atoms with Gasteiger partial charge in [-0.15, -0.1) is 0 Å². The molecule has 2 N–H and O–H groups in total. The Hall–Kier alpha value is -1.62. The van der Waals surface area contributed by atoms with E-state index in [0.717, 1.165) is 27.4 Å². The molecule has 1 aromatic heterocycles. The van der Waals surface area contributed by atoms with E-state index in [1.165, 1.54) is 6.33 Å². The van der Waals surface area contributed by atoms with Crippen molar-refractivity contribution in [3.8, 4) is 0 Å². The molecule has 4 nitrogen and oxygen atoms in total. The molecule has 0 saturated carbocycles. The number of hydrogen-bond donors (Lipinski definition) is 2. The maximum atomic E-state index is 4.24. The van der Waals surface area contributed by atoms with Gasteiger partial charge in [0, 0.05) is 17.1 Å². The lowest BCUT2D eigenvalue weighted by atomic mass is 10.2. The summed E-state index contributed by atoms with van der Waals surface area (Å²) in [6.45, 7) is 1.98. The van der Waals surface area contributed by atoms with Crippen LogP contribution in [0.5, 0.6) is 0 Å². The number of nitrogens with zero attached hydrogens (tertiary/aromatic N) is 2. The Morgan fingerprint density at radius 1 is 1.12 bits per heavy atom. The molecule has 0 amide bonds. The van der Waals surface area contributed by atoms with Crippen molar-refractivity contribution < 1.29 is 0 Å². The van der Waals surface area contributed by atoms with E-state index in [9.17, 15) is 0 Å². The molecule has 5 heteroatoms. The summed E-state index contributed by atoms with van der Waals surface area (Å²) < 4.78 is 1.00. The molecule has 0 fully saturated rings. The lowest BCUT2D eigenvalue weighted by Gasteiger charge is -2.11. The number of hydrogen-bond acceptors (Lipinski definition) is 4. The highest BCUT2D eigenvalue weighted by Crippen LogP contribution is 2.27. The molecular weight excluding hydrogens is 280 g/mol. The standard InChI is InChI=1S/C12H13BrN4/c1-8-11(14-2)15-7-16-12(8)17-10-6-4-3-5-9(10)13/h3-7H,1-2H3,(H2,14,15,16,17). The first kappa shape index (κ1) is 11.9. The van der Waals surface area contributed by atoms with Crippen LogP contribution in [0.3, 0.4) is 0 Å². The van der Waals surface area contributed by atoms with Crippen LogP contribution in [0.1, 0.15) is 5.56 Å². The molecule has 0 aliphatic rings. The van der Waals surface area contributed by atoms with Crippen molar-refractivity contribution in [1.29, 1.82) is 0 Å². The fourth-order valence-electron chi connectivity index (χ4n) is 1.52. The van der Waals surface area contributed by atoms with E-state index >= 15 is 0 Å². The Labute approximate surface area is 109 Å². The molecule has 2 aromatic rings. The number of anilines is 3. The molecule has 1 aromatic carbocycles. The Morgan fingerprint density at radius 2 is 1.82 bits per heavy atom. The molecule has 17 heavy (non-hydrogen) atoms. The second-order valence-electron chi connectivity index (χ2n) is 3.55. The summed E-state index contributed by atoms with van der Waals surface area (Å²) >= 11 is 3.49. The molecule has 0 unspecified atom stereocenters. The third-order valence-corrected chi connectivity index (χ3v) is 3.14. The third-order valence-electron chi connectivity index (χ3n) is 2.45. The SMILES string of the molecule is CNc1ncnc(Nc2ccccc2Br)c1C. The molecule has 2 rings (SSSR count). The predicted octanol–water partition coefficient (Wildman–Crippen LogP) is 3.33. The number of nitrogens with one attached hydrogen (secondary N) is 2. The number of aromatic nitrogens is 2. The predicted molar refractivity (Wildman–Crippen MR) is 73.7 cm³/mol. The Morgan fingerprint density at radius 3 is 2.53 bits per heavy atom. The first-order valence-electron chi connectivity index (χ1n) is 5.23. The van der Waals surface area contributed by atoms with E-state index in [-0.39, 0.29) is 0 Å². The molecule has 88 valence electrons. The summed E-state index contributed by atoms with van der Waals surface area (Å²) in [5.41, 5.74) is 1.97. The first-order valence-corrected chi connectivity index (χ1v) is 6.02. The maximum absolute atomic E-state index is 4.24. The lowest BCUT2D eigenvalue weighted by molar-refractivity contribution is 1.12. The van der Waals surface area contributed by atoms with E-state index in [2.05, 4.69) is 36.5 Å². The van der Waals surface area contributed by atoms with Gasteiger partial charge in [0.25, 0.3) is 0 Å².